The second-order valence-corrected chi connectivity index (χ2v) is 2.80. The molecule has 0 aromatic rings. The summed E-state index contributed by atoms with van der Waals surface area (Å²) in [5, 5.41) is 11.0. The predicted octanol–water partition coefficient (Wildman–Crippen LogP) is 1.53. The van der Waals surface area contributed by atoms with Crippen molar-refractivity contribution in [3.63, 3.8) is 0 Å². The van der Waals surface area contributed by atoms with Crippen LogP contribution < -0.4 is 0 Å². The zero-order chi connectivity index (χ0) is 6.85. The first kappa shape index (κ1) is 6.59. The smallest absolute Gasteiger partial charge is 0.160 e. The number of rotatable bonds is 0. The van der Waals surface area contributed by atoms with E-state index in [0.29, 0.717) is 0 Å². The standard InChI is InChI=1S/C7H13NO/c1-6-4-3-5-7(2)8(6)9/h6H,3-5H2,1-2H3. The molecule has 0 N–H and O–H groups in total. The van der Waals surface area contributed by atoms with Gasteiger partial charge in [-0.25, -0.2) is 4.74 Å². The summed E-state index contributed by atoms with van der Waals surface area (Å²) in [6, 6.07) is 0.221. The van der Waals surface area contributed by atoms with Gasteiger partial charge >= 0.3 is 0 Å². The van der Waals surface area contributed by atoms with E-state index in [1.54, 1.807) is 0 Å². The first-order valence-corrected chi connectivity index (χ1v) is 3.50. The van der Waals surface area contributed by atoms with Gasteiger partial charge in [-0.3, -0.25) is 0 Å². The summed E-state index contributed by atoms with van der Waals surface area (Å²) in [5.41, 5.74) is 0.994. The average molecular weight is 127 g/mol. The molecule has 0 saturated heterocycles. The Morgan fingerprint density at radius 2 is 2.33 bits per heavy atom. The fraction of sp³-hybridized carbons (Fsp3) is 0.857. The first-order chi connectivity index (χ1) is 4.22. The van der Waals surface area contributed by atoms with Gasteiger partial charge in [0.05, 0.1) is 0 Å². The highest BCUT2D eigenvalue weighted by Gasteiger charge is 2.17. The monoisotopic (exact) mass is 127 g/mol. The van der Waals surface area contributed by atoms with Crippen molar-refractivity contribution < 1.29 is 4.74 Å². The lowest BCUT2D eigenvalue weighted by molar-refractivity contribution is -0.503. The van der Waals surface area contributed by atoms with Crippen LogP contribution >= 0.6 is 0 Å². The molecular formula is C7H13NO. The summed E-state index contributed by atoms with van der Waals surface area (Å²) < 4.78 is 1.14. The van der Waals surface area contributed by atoms with Crippen molar-refractivity contribution in [2.75, 3.05) is 0 Å². The van der Waals surface area contributed by atoms with E-state index in [0.717, 1.165) is 23.3 Å². The molecule has 1 aliphatic rings. The van der Waals surface area contributed by atoms with E-state index in [9.17, 15) is 5.21 Å². The second-order valence-electron chi connectivity index (χ2n) is 2.80. The van der Waals surface area contributed by atoms with Gasteiger partial charge in [0, 0.05) is 19.8 Å². The number of nitrogens with zero attached hydrogens (tertiary/aromatic N) is 1. The molecule has 2 heteroatoms. The van der Waals surface area contributed by atoms with Gasteiger partial charge in [-0.05, 0) is 13.3 Å². The van der Waals surface area contributed by atoms with Gasteiger partial charge in [0.25, 0.3) is 0 Å². The largest absolute Gasteiger partial charge is 0.624 e. The van der Waals surface area contributed by atoms with Crippen LogP contribution in [-0.4, -0.2) is 16.5 Å². The van der Waals surface area contributed by atoms with Crippen LogP contribution in [0.15, 0.2) is 0 Å². The van der Waals surface area contributed by atoms with Gasteiger partial charge < -0.3 is 5.21 Å². The molecule has 1 atom stereocenters. The Balaban J connectivity index is 2.72. The molecule has 0 bridgehead atoms. The van der Waals surface area contributed by atoms with Crippen LogP contribution in [0.25, 0.3) is 0 Å². The predicted molar refractivity (Wildman–Crippen MR) is 37.6 cm³/mol. The Morgan fingerprint density at radius 1 is 1.67 bits per heavy atom. The molecule has 1 rings (SSSR count). The van der Waals surface area contributed by atoms with Crippen molar-refractivity contribution in [2.24, 2.45) is 0 Å². The lowest BCUT2D eigenvalue weighted by atomic mass is 10.1. The van der Waals surface area contributed by atoms with Crippen molar-refractivity contribution in [2.45, 2.75) is 39.2 Å². The molecule has 0 saturated carbocycles. The minimum absolute atomic E-state index is 0.221. The molecule has 0 radical (unpaired) electrons. The minimum atomic E-state index is 0.221. The molecule has 0 aromatic carbocycles. The Kier molecular flexibility index (Phi) is 1.74. The lowest BCUT2D eigenvalue weighted by Crippen LogP contribution is -2.27. The highest BCUT2D eigenvalue weighted by atomic mass is 16.5. The molecule has 9 heavy (non-hydrogen) atoms. The van der Waals surface area contributed by atoms with Crippen molar-refractivity contribution in [3.8, 4) is 0 Å². The van der Waals surface area contributed by atoms with Crippen LogP contribution in [-0.2, 0) is 0 Å². The van der Waals surface area contributed by atoms with Crippen LogP contribution in [0.1, 0.15) is 33.1 Å². The molecular weight excluding hydrogens is 114 g/mol. The van der Waals surface area contributed by atoms with E-state index in [-0.39, 0.29) is 6.04 Å². The normalized spacial score (nSPS) is 28.9. The molecule has 1 aliphatic heterocycles. The summed E-state index contributed by atoms with van der Waals surface area (Å²) in [4.78, 5) is 0. The van der Waals surface area contributed by atoms with Gasteiger partial charge in [0.1, 0.15) is 0 Å². The van der Waals surface area contributed by atoms with Crippen molar-refractivity contribution in [1.29, 1.82) is 0 Å². The van der Waals surface area contributed by atoms with Crippen molar-refractivity contribution in [1.82, 2.24) is 0 Å². The zero-order valence-corrected chi connectivity index (χ0v) is 6.05. The minimum Gasteiger partial charge on any atom is -0.624 e. The van der Waals surface area contributed by atoms with E-state index in [4.69, 9.17) is 0 Å². The van der Waals surface area contributed by atoms with Gasteiger partial charge in [-0.15, -0.1) is 0 Å². The van der Waals surface area contributed by atoms with E-state index in [1.807, 2.05) is 13.8 Å². The van der Waals surface area contributed by atoms with Gasteiger partial charge in [-0.2, -0.15) is 0 Å². The lowest BCUT2D eigenvalue weighted by Gasteiger charge is -2.19. The van der Waals surface area contributed by atoms with Gasteiger partial charge in [0.15, 0.2) is 11.8 Å². The van der Waals surface area contributed by atoms with Crippen LogP contribution in [0.4, 0.5) is 0 Å². The van der Waals surface area contributed by atoms with Gasteiger partial charge in [-0.1, -0.05) is 0 Å². The van der Waals surface area contributed by atoms with E-state index in [1.165, 1.54) is 6.42 Å². The fourth-order valence-corrected chi connectivity index (χ4v) is 1.26. The van der Waals surface area contributed by atoms with Crippen LogP contribution in [0, 0.1) is 5.21 Å². The number of hydrogen-bond donors (Lipinski definition) is 0. The molecule has 1 unspecified atom stereocenters. The Hall–Kier alpha value is -0.530. The molecule has 0 aliphatic carbocycles. The van der Waals surface area contributed by atoms with Crippen molar-refractivity contribution in [3.05, 3.63) is 5.21 Å². The Bertz CT molecular complexity index is 140. The first-order valence-electron chi connectivity index (χ1n) is 3.50. The summed E-state index contributed by atoms with van der Waals surface area (Å²) in [6.07, 6.45) is 3.24. The molecule has 2 nitrogen and oxygen atoms in total. The fourth-order valence-electron chi connectivity index (χ4n) is 1.26. The molecule has 0 fully saturated rings. The Labute approximate surface area is 55.8 Å². The maximum Gasteiger partial charge on any atom is 0.160 e. The number of hydrogen-bond acceptors (Lipinski definition) is 1. The van der Waals surface area contributed by atoms with E-state index >= 15 is 0 Å². The van der Waals surface area contributed by atoms with Crippen LogP contribution in [0.5, 0.6) is 0 Å². The molecule has 1 heterocycles. The summed E-state index contributed by atoms with van der Waals surface area (Å²) in [5.74, 6) is 0. The van der Waals surface area contributed by atoms with Crippen molar-refractivity contribution >= 4 is 5.71 Å². The van der Waals surface area contributed by atoms with E-state index < -0.39 is 0 Å². The SMILES string of the molecule is CC1=[N+]([O-])C(C)CCC1. The third-order valence-electron chi connectivity index (χ3n) is 1.94. The topological polar surface area (TPSA) is 26.1 Å². The quantitative estimate of drug-likeness (QED) is 0.358. The maximum atomic E-state index is 11.0. The average Bonchev–Trinajstić information content (AvgIpc) is 1.83. The van der Waals surface area contributed by atoms with Gasteiger partial charge in [0.2, 0.25) is 0 Å². The van der Waals surface area contributed by atoms with E-state index in [2.05, 4.69) is 0 Å². The summed E-state index contributed by atoms with van der Waals surface area (Å²) in [7, 11) is 0. The molecule has 0 aromatic heterocycles. The molecule has 0 amide bonds. The van der Waals surface area contributed by atoms with Crippen LogP contribution in [0.2, 0.25) is 0 Å². The highest BCUT2D eigenvalue weighted by molar-refractivity contribution is 5.77. The van der Waals surface area contributed by atoms with Crippen LogP contribution in [0.3, 0.4) is 0 Å². The molecule has 0 spiro atoms. The third-order valence-corrected chi connectivity index (χ3v) is 1.94. The number of hydroxylamine groups is 1. The highest BCUT2D eigenvalue weighted by Crippen LogP contribution is 2.11. The second kappa shape index (κ2) is 2.38. The third kappa shape index (κ3) is 1.23. The zero-order valence-electron chi connectivity index (χ0n) is 6.05. The summed E-state index contributed by atoms with van der Waals surface area (Å²) >= 11 is 0. The maximum absolute atomic E-state index is 11.0. The Morgan fingerprint density at radius 3 is 2.78 bits per heavy atom. The molecule has 52 valence electrons. The summed E-state index contributed by atoms with van der Waals surface area (Å²) in [6.45, 7) is 3.90.